The van der Waals surface area contributed by atoms with Gasteiger partial charge in [0.25, 0.3) is 0 Å². The van der Waals surface area contributed by atoms with Gasteiger partial charge in [0.15, 0.2) is 17.5 Å². The molecule has 280 valence electrons. The lowest BCUT2D eigenvalue weighted by molar-refractivity contribution is 0.665. The lowest BCUT2D eigenvalue weighted by Crippen LogP contribution is -2.28. The minimum atomic E-state index is -0.482. The van der Waals surface area contributed by atoms with E-state index >= 15 is 0 Å². The Morgan fingerprint density at radius 1 is 0.317 bits per heavy atom. The first-order valence-electron chi connectivity index (χ1n) is 20.3. The van der Waals surface area contributed by atoms with Crippen molar-refractivity contribution in [1.29, 1.82) is 0 Å². The summed E-state index contributed by atoms with van der Waals surface area (Å²) in [5.74, 6) is 1.94. The van der Waals surface area contributed by atoms with Gasteiger partial charge in [-0.1, -0.05) is 188 Å². The number of nitrogens with zero attached hydrogens (tertiary/aromatic N) is 3. The zero-order valence-electron chi connectivity index (χ0n) is 32.5. The van der Waals surface area contributed by atoms with Crippen LogP contribution in [0.3, 0.4) is 0 Å². The first-order chi connectivity index (χ1) is 29.7. The smallest absolute Gasteiger partial charge is 0.164 e. The van der Waals surface area contributed by atoms with Crippen LogP contribution in [0.25, 0.3) is 89.1 Å². The summed E-state index contributed by atoms with van der Waals surface area (Å²) in [6.45, 7) is 0. The third-order valence-corrected chi connectivity index (χ3v) is 12.2. The van der Waals surface area contributed by atoms with Crippen LogP contribution in [-0.4, -0.2) is 15.0 Å². The number of furan rings is 1. The van der Waals surface area contributed by atoms with Crippen molar-refractivity contribution in [3.05, 3.63) is 235 Å². The fourth-order valence-corrected chi connectivity index (χ4v) is 9.49. The van der Waals surface area contributed by atoms with Crippen LogP contribution in [0.15, 0.2) is 217 Å². The number of aromatic nitrogens is 3. The third-order valence-electron chi connectivity index (χ3n) is 12.2. The highest BCUT2D eigenvalue weighted by atomic mass is 16.3. The highest BCUT2D eigenvalue weighted by Crippen LogP contribution is 2.56. The Hall–Kier alpha value is -7.95. The van der Waals surface area contributed by atoms with Gasteiger partial charge in [0.2, 0.25) is 0 Å². The number of fused-ring (bicyclic) bond motifs is 7. The maximum atomic E-state index is 6.70. The van der Waals surface area contributed by atoms with Crippen molar-refractivity contribution < 1.29 is 4.42 Å². The standard InChI is InChI=1S/C56H35N3O/c1-4-15-36(16-5-1)53-57-54(37-17-6-2-7-18-37)59-55(58-53)47-24-14-19-40-33-38(27-30-43(40)47)39-28-32-51-48(34-39)46-31-29-42(35-52(46)60-51)56(41-20-8-3-9-21-41)49-25-12-10-22-44(49)45-23-11-13-26-50(45)56/h1-35H. The molecule has 0 N–H and O–H groups in total. The van der Waals surface area contributed by atoms with Gasteiger partial charge in [0, 0.05) is 27.5 Å². The van der Waals surface area contributed by atoms with E-state index < -0.39 is 5.41 Å². The Kier molecular flexibility index (Phi) is 7.72. The van der Waals surface area contributed by atoms with Crippen LogP contribution < -0.4 is 0 Å². The van der Waals surface area contributed by atoms with Crippen LogP contribution in [0, 0.1) is 0 Å². The normalized spacial score (nSPS) is 12.8. The van der Waals surface area contributed by atoms with Gasteiger partial charge in [0.05, 0.1) is 5.41 Å². The molecule has 11 aromatic rings. The predicted molar refractivity (Wildman–Crippen MR) is 244 cm³/mol. The van der Waals surface area contributed by atoms with Crippen LogP contribution in [0.1, 0.15) is 22.3 Å². The van der Waals surface area contributed by atoms with Crippen LogP contribution in [0.4, 0.5) is 0 Å². The van der Waals surface area contributed by atoms with Gasteiger partial charge in [-0.15, -0.1) is 0 Å². The molecule has 4 nitrogen and oxygen atoms in total. The van der Waals surface area contributed by atoms with Crippen molar-refractivity contribution in [2.75, 3.05) is 0 Å². The Balaban J connectivity index is 0.960. The summed E-state index contributed by atoms with van der Waals surface area (Å²) in [6, 6.07) is 75.2. The minimum absolute atomic E-state index is 0.482. The van der Waals surface area contributed by atoms with Crippen molar-refractivity contribution in [3.63, 3.8) is 0 Å². The third kappa shape index (κ3) is 5.28. The molecule has 1 aliphatic carbocycles. The molecule has 9 aromatic carbocycles. The van der Waals surface area contributed by atoms with Gasteiger partial charge < -0.3 is 4.42 Å². The van der Waals surface area contributed by atoms with Gasteiger partial charge in [-0.2, -0.15) is 0 Å². The number of hydrogen-bond donors (Lipinski definition) is 0. The zero-order chi connectivity index (χ0) is 39.6. The van der Waals surface area contributed by atoms with E-state index in [9.17, 15) is 0 Å². The predicted octanol–water partition coefficient (Wildman–Crippen LogP) is 14.0. The lowest BCUT2D eigenvalue weighted by atomic mass is 9.67. The van der Waals surface area contributed by atoms with E-state index in [0.29, 0.717) is 17.5 Å². The van der Waals surface area contributed by atoms with Gasteiger partial charge in [-0.05, 0) is 79.5 Å². The van der Waals surface area contributed by atoms with E-state index in [1.807, 2.05) is 60.7 Å². The Bertz CT molecular complexity index is 3330. The molecule has 0 saturated carbocycles. The molecule has 0 spiro atoms. The summed E-state index contributed by atoms with van der Waals surface area (Å²) in [4.78, 5) is 15.0. The Morgan fingerprint density at radius 2 is 0.867 bits per heavy atom. The first-order valence-corrected chi connectivity index (χ1v) is 20.3. The Morgan fingerprint density at radius 3 is 1.55 bits per heavy atom. The van der Waals surface area contributed by atoms with Crippen molar-refractivity contribution in [1.82, 2.24) is 15.0 Å². The maximum Gasteiger partial charge on any atom is 0.164 e. The molecule has 12 rings (SSSR count). The molecule has 0 bridgehead atoms. The second kappa shape index (κ2) is 13.6. The van der Waals surface area contributed by atoms with E-state index in [1.54, 1.807) is 0 Å². The van der Waals surface area contributed by atoms with E-state index in [-0.39, 0.29) is 0 Å². The lowest BCUT2D eigenvalue weighted by Gasteiger charge is -2.33. The quantitative estimate of drug-likeness (QED) is 0.169. The summed E-state index contributed by atoms with van der Waals surface area (Å²) >= 11 is 0. The average molecular weight is 766 g/mol. The van der Waals surface area contributed by atoms with E-state index in [4.69, 9.17) is 19.4 Å². The highest BCUT2D eigenvalue weighted by molar-refractivity contribution is 6.07. The number of hydrogen-bond acceptors (Lipinski definition) is 4. The first kappa shape index (κ1) is 34.1. The van der Waals surface area contributed by atoms with Crippen molar-refractivity contribution in [2.45, 2.75) is 5.41 Å². The molecule has 2 aromatic heterocycles. The van der Waals surface area contributed by atoms with Gasteiger partial charge >= 0.3 is 0 Å². The zero-order valence-corrected chi connectivity index (χ0v) is 32.5. The molecule has 0 atom stereocenters. The molecular weight excluding hydrogens is 731 g/mol. The fourth-order valence-electron chi connectivity index (χ4n) is 9.49. The summed E-state index contributed by atoms with van der Waals surface area (Å²) in [7, 11) is 0. The van der Waals surface area contributed by atoms with Crippen LogP contribution in [-0.2, 0) is 5.41 Å². The monoisotopic (exact) mass is 765 g/mol. The molecule has 0 radical (unpaired) electrons. The molecule has 60 heavy (non-hydrogen) atoms. The summed E-state index contributed by atoms with van der Waals surface area (Å²) < 4.78 is 6.70. The fraction of sp³-hybridized carbons (Fsp3) is 0.0179. The van der Waals surface area contributed by atoms with Crippen molar-refractivity contribution in [3.8, 4) is 56.4 Å². The molecule has 4 heteroatoms. The molecule has 1 aliphatic rings. The highest BCUT2D eigenvalue weighted by Gasteiger charge is 2.46. The van der Waals surface area contributed by atoms with Crippen molar-refractivity contribution >= 4 is 32.7 Å². The van der Waals surface area contributed by atoms with Crippen LogP contribution in [0.5, 0.6) is 0 Å². The summed E-state index contributed by atoms with van der Waals surface area (Å²) in [6.07, 6.45) is 0. The van der Waals surface area contributed by atoms with Gasteiger partial charge in [-0.3, -0.25) is 0 Å². The van der Waals surface area contributed by atoms with Crippen LogP contribution in [0.2, 0.25) is 0 Å². The number of rotatable bonds is 6. The van der Waals surface area contributed by atoms with Gasteiger partial charge in [0.1, 0.15) is 11.2 Å². The molecule has 0 fully saturated rings. The number of benzene rings is 9. The second-order valence-electron chi connectivity index (χ2n) is 15.5. The summed E-state index contributed by atoms with van der Waals surface area (Å²) in [5.41, 5.74) is 13.9. The molecule has 0 amide bonds. The van der Waals surface area contributed by atoms with E-state index in [2.05, 4.69) is 152 Å². The summed E-state index contributed by atoms with van der Waals surface area (Å²) in [5, 5.41) is 4.38. The molecule has 0 saturated heterocycles. The van der Waals surface area contributed by atoms with Crippen molar-refractivity contribution in [2.24, 2.45) is 0 Å². The molecule has 2 heterocycles. The topological polar surface area (TPSA) is 51.8 Å². The van der Waals surface area contributed by atoms with E-state index in [1.165, 1.54) is 33.4 Å². The van der Waals surface area contributed by atoms with Crippen LogP contribution >= 0.6 is 0 Å². The largest absolute Gasteiger partial charge is 0.456 e. The molecule has 0 unspecified atom stereocenters. The SMILES string of the molecule is c1ccc(-c2nc(-c3ccccc3)nc(-c3cccc4cc(-c5ccc6oc7cc(C8(c9ccccc9)c9ccccc9-c9ccccc98)ccc7c6c5)ccc34)n2)cc1. The maximum absolute atomic E-state index is 6.70. The van der Waals surface area contributed by atoms with Gasteiger partial charge in [-0.25, -0.2) is 15.0 Å². The molecule has 0 aliphatic heterocycles. The molecular formula is C56H35N3O. The average Bonchev–Trinajstić information content (AvgIpc) is 3.85. The Labute approximate surface area is 347 Å². The van der Waals surface area contributed by atoms with E-state index in [0.717, 1.165) is 60.5 Å². The second-order valence-corrected chi connectivity index (χ2v) is 15.5. The minimum Gasteiger partial charge on any atom is -0.456 e.